The molecule has 2 aromatic rings. The lowest BCUT2D eigenvalue weighted by Crippen LogP contribution is -2.39. The standard InChI is InChI=1S/C25H33N3O3S/c1-19-5-4-12-28(19)23-11-13-26(18-23)22-9-8-21-17-27(14-10-20(21)15-22)32(29,30)25-7-3-6-24(16-25)31-2/h3,6-9,15-16,19,23H,4-5,10-14,17-18H2,1-2H3. The van der Waals surface area contributed by atoms with Crippen LogP contribution in [0, 0.1) is 0 Å². The van der Waals surface area contributed by atoms with Crippen molar-refractivity contribution in [2.75, 3.05) is 38.2 Å². The third-order valence-electron chi connectivity index (χ3n) is 7.45. The molecule has 0 amide bonds. The molecule has 0 aromatic heterocycles. The minimum Gasteiger partial charge on any atom is -0.497 e. The van der Waals surface area contributed by atoms with Crippen LogP contribution in [0.2, 0.25) is 0 Å². The highest BCUT2D eigenvalue weighted by atomic mass is 32.2. The first-order chi connectivity index (χ1) is 15.5. The number of ether oxygens (including phenoxy) is 1. The molecule has 2 aromatic carbocycles. The Morgan fingerprint density at radius 3 is 2.66 bits per heavy atom. The zero-order valence-corrected chi connectivity index (χ0v) is 19.9. The van der Waals surface area contributed by atoms with Crippen LogP contribution in [-0.2, 0) is 23.0 Å². The summed E-state index contributed by atoms with van der Waals surface area (Å²) in [6.45, 7) is 6.72. The monoisotopic (exact) mass is 455 g/mol. The Kier molecular flexibility index (Phi) is 5.90. The first-order valence-corrected chi connectivity index (χ1v) is 13.2. The normalized spacial score (nSPS) is 24.6. The number of likely N-dealkylation sites (tertiary alicyclic amines) is 1. The molecule has 0 radical (unpaired) electrons. The largest absolute Gasteiger partial charge is 0.497 e. The van der Waals surface area contributed by atoms with E-state index in [4.69, 9.17) is 4.74 Å². The maximum atomic E-state index is 13.2. The summed E-state index contributed by atoms with van der Waals surface area (Å²) in [7, 11) is -2.00. The maximum absolute atomic E-state index is 13.2. The molecule has 0 spiro atoms. The molecule has 2 unspecified atom stereocenters. The summed E-state index contributed by atoms with van der Waals surface area (Å²) in [6, 6.07) is 14.7. The van der Waals surface area contributed by atoms with Crippen LogP contribution in [-0.4, -0.2) is 63.0 Å². The van der Waals surface area contributed by atoms with Crippen LogP contribution in [0.25, 0.3) is 0 Å². The fourth-order valence-electron chi connectivity index (χ4n) is 5.57. The van der Waals surface area contributed by atoms with Crippen LogP contribution in [0.5, 0.6) is 5.75 Å². The van der Waals surface area contributed by atoms with E-state index >= 15 is 0 Å². The molecule has 0 bridgehead atoms. The number of rotatable bonds is 5. The Morgan fingerprint density at radius 1 is 1.00 bits per heavy atom. The van der Waals surface area contributed by atoms with E-state index in [-0.39, 0.29) is 4.90 Å². The second-order valence-corrected chi connectivity index (χ2v) is 11.3. The summed E-state index contributed by atoms with van der Waals surface area (Å²) in [6.07, 6.45) is 4.62. The summed E-state index contributed by atoms with van der Waals surface area (Å²) in [5.41, 5.74) is 3.66. The number of methoxy groups -OCH3 is 1. The highest BCUT2D eigenvalue weighted by Crippen LogP contribution is 2.32. The van der Waals surface area contributed by atoms with Gasteiger partial charge in [-0.15, -0.1) is 0 Å². The molecule has 3 aliphatic rings. The third-order valence-corrected chi connectivity index (χ3v) is 9.29. The second-order valence-electron chi connectivity index (χ2n) is 9.34. The van der Waals surface area contributed by atoms with Gasteiger partial charge in [-0.2, -0.15) is 4.31 Å². The van der Waals surface area contributed by atoms with E-state index in [0.717, 1.165) is 25.1 Å². The molecule has 2 saturated heterocycles. The lowest BCUT2D eigenvalue weighted by molar-refractivity contribution is 0.204. The van der Waals surface area contributed by atoms with Crippen LogP contribution in [0.1, 0.15) is 37.3 Å². The van der Waals surface area contributed by atoms with E-state index in [1.165, 1.54) is 37.1 Å². The fraction of sp³-hybridized carbons (Fsp3) is 0.520. The highest BCUT2D eigenvalue weighted by Gasteiger charge is 2.34. The predicted octanol–water partition coefficient (Wildman–Crippen LogP) is 3.51. The quantitative estimate of drug-likeness (QED) is 0.691. The Hall–Kier alpha value is -2.09. The Bertz CT molecular complexity index is 1090. The second kappa shape index (κ2) is 8.69. The van der Waals surface area contributed by atoms with Crippen molar-refractivity contribution in [1.82, 2.24) is 9.21 Å². The van der Waals surface area contributed by atoms with Crippen molar-refractivity contribution in [3.63, 3.8) is 0 Å². The van der Waals surface area contributed by atoms with Gasteiger partial charge in [0.25, 0.3) is 0 Å². The zero-order valence-electron chi connectivity index (χ0n) is 19.0. The Balaban J connectivity index is 1.29. The Labute approximate surface area is 191 Å². The van der Waals surface area contributed by atoms with Crippen molar-refractivity contribution in [3.8, 4) is 5.75 Å². The van der Waals surface area contributed by atoms with Gasteiger partial charge in [0.2, 0.25) is 10.0 Å². The van der Waals surface area contributed by atoms with Gasteiger partial charge in [-0.1, -0.05) is 12.1 Å². The maximum Gasteiger partial charge on any atom is 0.243 e. The molecule has 0 aliphatic carbocycles. The van der Waals surface area contributed by atoms with E-state index in [1.54, 1.807) is 35.7 Å². The van der Waals surface area contributed by atoms with Crippen LogP contribution in [0.3, 0.4) is 0 Å². The first kappa shape index (κ1) is 21.7. The average molecular weight is 456 g/mol. The van der Waals surface area contributed by atoms with Gasteiger partial charge < -0.3 is 9.64 Å². The molecule has 2 atom stereocenters. The van der Waals surface area contributed by atoms with Gasteiger partial charge >= 0.3 is 0 Å². The molecule has 0 N–H and O–H groups in total. The molecule has 6 nitrogen and oxygen atoms in total. The number of benzene rings is 2. The number of hydrogen-bond donors (Lipinski definition) is 0. The van der Waals surface area contributed by atoms with E-state index in [2.05, 4.69) is 34.9 Å². The summed E-state index contributed by atoms with van der Waals surface area (Å²) in [5, 5.41) is 0. The lowest BCUT2D eigenvalue weighted by Gasteiger charge is -2.30. The molecule has 3 aliphatic heterocycles. The summed E-state index contributed by atoms with van der Waals surface area (Å²) < 4.78 is 33.2. The number of fused-ring (bicyclic) bond motifs is 1. The summed E-state index contributed by atoms with van der Waals surface area (Å²) >= 11 is 0. The molecule has 0 saturated carbocycles. The van der Waals surface area contributed by atoms with Gasteiger partial charge in [-0.25, -0.2) is 8.42 Å². The van der Waals surface area contributed by atoms with Crippen LogP contribution in [0.15, 0.2) is 47.4 Å². The minimum absolute atomic E-state index is 0.288. The molecule has 3 heterocycles. The van der Waals surface area contributed by atoms with Gasteiger partial charge in [0, 0.05) is 50.0 Å². The first-order valence-electron chi connectivity index (χ1n) is 11.7. The van der Waals surface area contributed by atoms with Crippen molar-refractivity contribution in [3.05, 3.63) is 53.6 Å². The van der Waals surface area contributed by atoms with Crippen molar-refractivity contribution in [2.24, 2.45) is 0 Å². The van der Waals surface area contributed by atoms with Gasteiger partial charge in [-0.3, -0.25) is 4.90 Å². The SMILES string of the molecule is COc1cccc(S(=O)(=O)N2CCc3cc(N4CCC(N5CCCC5C)C4)ccc3C2)c1. The van der Waals surface area contributed by atoms with Crippen LogP contribution < -0.4 is 9.64 Å². The molecule has 5 rings (SSSR count). The highest BCUT2D eigenvalue weighted by molar-refractivity contribution is 7.89. The van der Waals surface area contributed by atoms with Crippen LogP contribution >= 0.6 is 0 Å². The van der Waals surface area contributed by atoms with Gasteiger partial charge in [0.1, 0.15) is 5.75 Å². The van der Waals surface area contributed by atoms with Crippen molar-refractivity contribution in [1.29, 1.82) is 0 Å². The number of nitrogens with zero attached hydrogens (tertiary/aromatic N) is 3. The molecule has 172 valence electrons. The van der Waals surface area contributed by atoms with Gasteiger partial charge in [0.05, 0.1) is 12.0 Å². The lowest BCUT2D eigenvalue weighted by atomic mass is 10.00. The average Bonchev–Trinajstić information content (AvgIpc) is 3.47. The van der Waals surface area contributed by atoms with E-state index in [1.807, 2.05) is 0 Å². The van der Waals surface area contributed by atoms with Crippen LogP contribution in [0.4, 0.5) is 5.69 Å². The smallest absolute Gasteiger partial charge is 0.243 e. The topological polar surface area (TPSA) is 53.1 Å². The third kappa shape index (κ3) is 4.02. The number of anilines is 1. The fourth-order valence-corrected chi connectivity index (χ4v) is 7.03. The molecule has 7 heteroatoms. The van der Waals surface area contributed by atoms with Crippen molar-refractivity contribution in [2.45, 2.75) is 56.1 Å². The molecule has 32 heavy (non-hydrogen) atoms. The number of sulfonamides is 1. The van der Waals surface area contributed by atoms with E-state index in [9.17, 15) is 8.42 Å². The van der Waals surface area contributed by atoms with Crippen molar-refractivity contribution < 1.29 is 13.2 Å². The molecule has 2 fully saturated rings. The predicted molar refractivity (Wildman–Crippen MR) is 127 cm³/mol. The number of hydrogen-bond acceptors (Lipinski definition) is 5. The van der Waals surface area contributed by atoms with E-state index < -0.39 is 10.0 Å². The minimum atomic E-state index is -3.55. The summed E-state index contributed by atoms with van der Waals surface area (Å²) in [5.74, 6) is 0.556. The summed E-state index contributed by atoms with van der Waals surface area (Å²) in [4.78, 5) is 5.49. The molecular formula is C25H33N3O3S. The zero-order chi connectivity index (χ0) is 22.3. The van der Waals surface area contributed by atoms with Gasteiger partial charge in [0.15, 0.2) is 0 Å². The van der Waals surface area contributed by atoms with E-state index in [0.29, 0.717) is 30.9 Å². The van der Waals surface area contributed by atoms with Crippen molar-refractivity contribution >= 4 is 15.7 Å². The Morgan fingerprint density at radius 2 is 1.88 bits per heavy atom. The van der Waals surface area contributed by atoms with Gasteiger partial charge in [-0.05, 0) is 74.5 Å². The molecular weight excluding hydrogens is 422 g/mol.